The summed E-state index contributed by atoms with van der Waals surface area (Å²) in [5.41, 5.74) is 0. The fourth-order valence-corrected chi connectivity index (χ4v) is 1.34. The lowest BCUT2D eigenvalue weighted by Gasteiger charge is -2.05. The summed E-state index contributed by atoms with van der Waals surface area (Å²) in [5.74, 6) is 6.20. The number of unbranched alkanes of at least 4 members (excludes halogenated alkanes) is 6. The van der Waals surface area contributed by atoms with E-state index in [-0.39, 0.29) is 5.92 Å². The molecule has 0 aromatic rings. The zero-order chi connectivity index (χ0) is 11.5. The van der Waals surface area contributed by atoms with Crippen LogP contribution in [0.15, 0.2) is 0 Å². The van der Waals surface area contributed by atoms with Crippen LogP contribution in [0.25, 0.3) is 0 Å². The lowest BCUT2D eigenvalue weighted by Crippen LogP contribution is -2.11. The van der Waals surface area contributed by atoms with Crippen molar-refractivity contribution in [2.45, 2.75) is 71.8 Å². The van der Waals surface area contributed by atoms with Gasteiger partial charge in [-0.1, -0.05) is 58.8 Å². The number of hydrogen-bond donors (Lipinski definition) is 1. The maximum absolute atomic E-state index is 9.43. The average Bonchev–Trinajstić information content (AvgIpc) is 2.21. The molecule has 0 aliphatic heterocycles. The molecule has 1 nitrogen and oxygen atoms in total. The van der Waals surface area contributed by atoms with Crippen LogP contribution in [0.4, 0.5) is 0 Å². The molecule has 1 atom stereocenters. The zero-order valence-electron chi connectivity index (χ0n) is 10.6. The summed E-state index contributed by atoms with van der Waals surface area (Å²) >= 11 is 0. The predicted molar refractivity (Wildman–Crippen MR) is 66.6 cm³/mol. The van der Waals surface area contributed by atoms with Crippen LogP contribution >= 0.6 is 0 Å². The van der Waals surface area contributed by atoms with E-state index in [0.29, 0.717) is 0 Å². The van der Waals surface area contributed by atoms with Gasteiger partial charge in [0.05, 0.1) is 0 Å². The van der Waals surface area contributed by atoms with Crippen molar-refractivity contribution >= 4 is 0 Å². The van der Waals surface area contributed by atoms with E-state index in [1.165, 1.54) is 38.5 Å². The highest BCUT2D eigenvalue weighted by atomic mass is 16.3. The van der Waals surface area contributed by atoms with Gasteiger partial charge in [-0.05, 0) is 12.3 Å². The summed E-state index contributed by atoms with van der Waals surface area (Å²) in [6, 6.07) is 0. The van der Waals surface area contributed by atoms with Crippen LogP contribution in [-0.4, -0.2) is 11.2 Å². The second-order valence-corrected chi connectivity index (χ2v) is 4.53. The van der Waals surface area contributed by atoms with Crippen LogP contribution < -0.4 is 0 Å². The van der Waals surface area contributed by atoms with Gasteiger partial charge in [0.25, 0.3) is 0 Å². The van der Waals surface area contributed by atoms with E-state index >= 15 is 0 Å². The van der Waals surface area contributed by atoms with Crippen molar-refractivity contribution in [1.82, 2.24) is 0 Å². The Morgan fingerprint density at radius 3 is 2.20 bits per heavy atom. The van der Waals surface area contributed by atoms with Crippen molar-refractivity contribution < 1.29 is 5.11 Å². The molecular formula is C14H26O. The van der Waals surface area contributed by atoms with E-state index in [4.69, 9.17) is 0 Å². The van der Waals surface area contributed by atoms with Gasteiger partial charge in [-0.2, -0.15) is 0 Å². The number of aliphatic hydroxyl groups excluding tert-OH is 1. The highest BCUT2D eigenvalue weighted by Crippen LogP contribution is 2.06. The Labute approximate surface area is 95.3 Å². The van der Waals surface area contributed by atoms with Gasteiger partial charge in [0, 0.05) is 6.42 Å². The number of rotatable bonds is 7. The van der Waals surface area contributed by atoms with Gasteiger partial charge in [0.15, 0.2) is 0 Å². The molecule has 0 aromatic heterocycles. The first-order chi connectivity index (χ1) is 7.18. The summed E-state index contributed by atoms with van der Waals surface area (Å²) < 4.78 is 0. The maximum Gasteiger partial charge on any atom is 0.117 e. The number of aliphatic hydroxyl groups is 1. The van der Waals surface area contributed by atoms with Crippen LogP contribution in [0.3, 0.4) is 0 Å². The van der Waals surface area contributed by atoms with Crippen molar-refractivity contribution in [3.05, 3.63) is 0 Å². The second-order valence-electron chi connectivity index (χ2n) is 4.53. The van der Waals surface area contributed by atoms with E-state index in [1.54, 1.807) is 0 Å². The van der Waals surface area contributed by atoms with Gasteiger partial charge in [-0.25, -0.2) is 0 Å². The average molecular weight is 210 g/mol. The Morgan fingerprint density at radius 1 is 1.00 bits per heavy atom. The van der Waals surface area contributed by atoms with Crippen LogP contribution in [-0.2, 0) is 0 Å². The summed E-state index contributed by atoms with van der Waals surface area (Å²) in [6.07, 6.45) is 8.33. The van der Waals surface area contributed by atoms with Crippen LogP contribution in [0, 0.1) is 17.8 Å². The Morgan fingerprint density at radius 2 is 1.60 bits per heavy atom. The van der Waals surface area contributed by atoms with Gasteiger partial charge in [0.1, 0.15) is 6.10 Å². The van der Waals surface area contributed by atoms with Gasteiger partial charge in [0.2, 0.25) is 0 Å². The van der Waals surface area contributed by atoms with Crippen LogP contribution in [0.1, 0.15) is 65.7 Å². The Bertz CT molecular complexity index is 185. The van der Waals surface area contributed by atoms with Crippen molar-refractivity contribution in [3.63, 3.8) is 0 Å². The van der Waals surface area contributed by atoms with Crippen LogP contribution in [0.5, 0.6) is 0 Å². The molecule has 1 heteroatoms. The first-order valence-corrected chi connectivity index (χ1v) is 6.35. The van der Waals surface area contributed by atoms with Crippen molar-refractivity contribution in [2.75, 3.05) is 0 Å². The summed E-state index contributed by atoms with van der Waals surface area (Å²) in [6.45, 7) is 6.22. The molecule has 0 heterocycles. The largest absolute Gasteiger partial charge is 0.380 e. The normalized spacial score (nSPS) is 12.3. The molecule has 1 unspecified atom stereocenters. The van der Waals surface area contributed by atoms with Gasteiger partial charge in [-0.15, -0.1) is 5.92 Å². The first kappa shape index (κ1) is 14.5. The second kappa shape index (κ2) is 10.1. The van der Waals surface area contributed by atoms with Crippen molar-refractivity contribution in [1.29, 1.82) is 0 Å². The Balaban J connectivity index is 3.30. The summed E-state index contributed by atoms with van der Waals surface area (Å²) in [5, 5.41) is 9.43. The molecule has 15 heavy (non-hydrogen) atoms. The molecular weight excluding hydrogens is 184 g/mol. The Hall–Kier alpha value is -0.480. The molecule has 0 aliphatic carbocycles. The molecule has 1 N–H and O–H groups in total. The molecule has 0 fully saturated rings. The smallest absolute Gasteiger partial charge is 0.117 e. The molecule has 0 saturated heterocycles. The van der Waals surface area contributed by atoms with E-state index in [9.17, 15) is 5.11 Å². The molecule has 0 aromatic carbocycles. The van der Waals surface area contributed by atoms with E-state index in [1.807, 2.05) is 13.8 Å². The standard InChI is InChI=1S/C14H26O/c1-4-5-6-7-8-9-10-11-12-14(15)13(2)3/h13-15H,4-10H2,1-3H3. The predicted octanol–water partition coefficient (Wildman–Crippen LogP) is 3.76. The van der Waals surface area contributed by atoms with E-state index in [2.05, 4.69) is 18.8 Å². The third-order valence-corrected chi connectivity index (χ3v) is 2.54. The third-order valence-electron chi connectivity index (χ3n) is 2.54. The maximum atomic E-state index is 9.43. The van der Waals surface area contributed by atoms with Gasteiger partial charge < -0.3 is 5.11 Å². The molecule has 0 rings (SSSR count). The third kappa shape index (κ3) is 9.82. The zero-order valence-corrected chi connectivity index (χ0v) is 10.6. The van der Waals surface area contributed by atoms with Gasteiger partial charge in [-0.3, -0.25) is 0 Å². The monoisotopic (exact) mass is 210 g/mol. The fourth-order valence-electron chi connectivity index (χ4n) is 1.34. The lowest BCUT2D eigenvalue weighted by molar-refractivity contribution is 0.181. The summed E-state index contributed by atoms with van der Waals surface area (Å²) in [4.78, 5) is 0. The van der Waals surface area contributed by atoms with E-state index in [0.717, 1.165) is 6.42 Å². The Kier molecular flexibility index (Phi) is 9.73. The molecule has 0 radical (unpaired) electrons. The minimum atomic E-state index is -0.440. The minimum absolute atomic E-state index is 0.252. The molecule has 0 saturated carbocycles. The molecule has 0 spiro atoms. The van der Waals surface area contributed by atoms with Crippen LogP contribution in [0.2, 0.25) is 0 Å². The van der Waals surface area contributed by atoms with Gasteiger partial charge >= 0.3 is 0 Å². The molecule has 0 bridgehead atoms. The highest BCUT2D eigenvalue weighted by molar-refractivity contribution is 5.05. The topological polar surface area (TPSA) is 20.2 Å². The highest BCUT2D eigenvalue weighted by Gasteiger charge is 2.02. The number of hydrogen-bond acceptors (Lipinski definition) is 1. The fraction of sp³-hybridized carbons (Fsp3) is 0.857. The molecule has 0 amide bonds. The van der Waals surface area contributed by atoms with Crippen molar-refractivity contribution in [3.8, 4) is 11.8 Å². The lowest BCUT2D eigenvalue weighted by atomic mass is 10.1. The molecule has 0 aliphatic rings. The molecule has 88 valence electrons. The van der Waals surface area contributed by atoms with E-state index < -0.39 is 6.10 Å². The van der Waals surface area contributed by atoms with Crippen molar-refractivity contribution in [2.24, 2.45) is 5.92 Å². The SMILES string of the molecule is CCCCCCCCC#CC(O)C(C)C. The first-order valence-electron chi connectivity index (χ1n) is 6.35. The quantitative estimate of drug-likeness (QED) is 0.501. The summed E-state index contributed by atoms with van der Waals surface area (Å²) in [7, 11) is 0. The minimum Gasteiger partial charge on any atom is -0.380 e.